The number of aromatic nitrogens is 1. The third-order valence-corrected chi connectivity index (χ3v) is 5.01. The van der Waals surface area contributed by atoms with Crippen molar-refractivity contribution in [2.45, 2.75) is 34.6 Å². The SMILES string of the molecule is COC(=O)C1=C(C)NC(=O)/C1=C\c1cc(C)n(-c2c(C)cccc2C)c1C. The normalized spacial score (nSPS) is 15.5. The number of esters is 1. The van der Waals surface area contributed by atoms with E-state index in [1.807, 2.05) is 26.0 Å². The molecule has 5 heteroatoms. The van der Waals surface area contributed by atoms with Gasteiger partial charge < -0.3 is 14.6 Å². The van der Waals surface area contributed by atoms with Gasteiger partial charge in [0.15, 0.2) is 0 Å². The molecule has 5 nitrogen and oxygen atoms in total. The van der Waals surface area contributed by atoms with Gasteiger partial charge in [0.2, 0.25) is 0 Å². The molecule has 0 spiro atoms. The number of carbonyl (C=O) groups is 2. The van der Waals surface area contributed by atoms with E-state index >= 15 is 0 Å². The van der Waals surface area contributed by atoms with Crippen molar-refractivity contribution in [2.75, 3.05) is 7.11 Å². The number of ether oxygens (including phenoxy) is 1. The lowest BCUT2D eigenvalue weighted by atomic mass is 10.0. The molecule has 27 heavy (non-hydrogen) atoms. The summed E-state index contributed by atoms with van der Waals surface area (Å²) < 4.78 is 7.04. The lowest BCUT2D eigenvalue weighted by Crippen LogP contribution is -2.15. The molecule has 0 fully saturated rings. The number of nitrogens with one attached hydrogen (secondary N) is 1. The third-order valence-electron chi connectivity index (χ3n) is 5.01. The molecule has 1 N–H and O–H groups in total. The van der Waals surface area contributed by atoms with Crippen molar-refractivity contribution in [2.24, 2.45) is 0 Å². The van der Waals surface area contributed by atoms with Crippen LogP contribution in [-0.4, -0.2) is 23.6 Å². The second-order valence-corrected chi connectivity index (χ2v) is 6.91. The minimum absolute atomic E-state index is 0.287. The van der Waals surface area contributed by atoms with E-state index in [9.17, 15) is 9.59 Å². The van der Waals surface area contributed by atoms with Crippen molar-refractivity contribution in [1.82, 2.24) is 9.88 Å². The number of nitrogens with zero attached hydrogens (tertiary/aromatic N) is 1. The maximum absolute atomic E-state index is 12.4. The van der Waals surface area contributed by atoms with Crippen LogP contribution in [0.1, 0.15) is 35.0 Å². The Kier molecular flexibility index (Phi) is 4.79. The van der Waals surface area contributed by atoms with E-state index in [1.165, 1.54) is 18.2 Å². The Morgan fingerprint density at radius 1 is 1.11 bits per heavy atom. The lowest BCUT2D eigenvalue weighted by Gasteiger charge is -2.15. The largest absolute Gasteiger partial charge is 0.465 e. The molecule has 0 bridgehead atoms. The van der Waals surface area contributed by atoms with Gasteiger partial charge in [-0.15, -0.1) is 0 Å². The predicted molar refractivity (Wildman–Crippen MR) is 106 cm³/mol. The molecule has 1 aromatic heterocycles. The third kappa shape index (κ3) is 3.10. The Morgan fingerprint density at radius 2 is 1.74 bits per heavy atom. The quantitative estimate of drug-likeness (QED) is 0.668. The van der Waals surface area contributed by atoms with E-state index < -0.39 is 5.97 Å². The van der Waals surface area contributed by atoms with Gasteiger partial charge in [0.1, 0.15) is 0 Å². The Morgan fingerprint density at radius 3 is 2.33 bits per heavy atom. The monoisotopic (exact) mass is 364 g/mol. The fourth-order valence-electron chi connectivity index (χ4n) is 3.71. The molecule has 0 radical (unpaired) electrons. The second kappa shape index (κ2) is 6.91. The Bertz CT molecular complexity index is 1000. The van der Waals surface area contributed by atoms with E-state index in [4.69, 9.17) is 4.74 Å². The highest BCUT2D eigenvalue weighted by atomic mass is 16.5. The number of carbonyl (C=O) groups excluding carboxylic acids is 2. The maximum atomic E-state index is 12.4. The van der Waals surface area contributed by atoms with Crippen LogP contribution in [0, 0.1) is 27.7 Å². The van der Waals surface area contributed by atoms with Crippen molar-refractivity contribution in [3.8, 4) is 5.69 Å². The van der Waals surface area contributed by atoms with Gasteiger partial charge in [-0.05, 0) is 63.5 Å². The molecule has 1 aliphatic heterocycles. The van der Waals surface area contributed by atoms with Gasteiger partial charge in [-0.1, -0.05) is 18.2 Å². The van der Waals surface area contributed by atoms with Crippen LogP contribution in [0.25, 0.3) is 11.8 Å². The van der Waals surface area contributed by atoms with Gasteiger partial charge in [0, 0.05) is 17.1 Å². The molecular formula is C22H24N2O3. The highest BCUT2D eigenvalue weighted by molar-refractivity contribution is 6.16. The number of hydrogen-bond donors (Lipinski definition) is 1. The molecule has 1 amide bonds. The van der Waals surface area contributed by atoms with E-state index in [2.05, 4.69) is 35.9 Å². The first kappa shape index (κ1) is 18.7. The van der Waals surface area contributed by atoms with Crippen molar-refractivity contribution in [3.05, 3.63) is 69.2 Å². The van der Waals surface area contributed by atoms with Crippen molar-refractivity contribution < 1.29 is 14.3 Å². The smallest absolute Gasteiger partial charge is 0.340 e. The molecule has 0 saturated carbocycles. The number of amides is 1. The Balaban J connectivity index is 2.17. The highest BCUT2D eigenvalue weighted by Gasteiger charge is 2.31. The average molecular weight is 364 g/mol. The van der Waals surface area contributed by atoms with Gasteiger partial charge in [-0.3, -0.25) is 4.79 Å². The van der Waals surface area contributed by atoms with Crippen LogP contribution in [0.4, 0.5) is 0 Å². The van der Waals surface area contributed by atoms with Crippen LogP contribution < -0.4 is 5.32 Å². The zero-order valence-electron chi connectivity index (χ0n) is 16.6. The molecule has 1 aliphatic rings. The summed E-state index contributed by atoms with van der Waals surface area (Å²) in [5.41, 5.74) is 7.63. The fraction of sp³-hybridized carbons (Fsp3) is 0.273. The number of benzene rings is 1. The topological polar surface area (TPSA) is 60.3 Å². The first-order valence-corrected chi connectivity index (χ1v) is 8.84. The van der Waals surface area contributed by atoms with E-state index in [0.717, 1.165) is 22.6 Å². The number of hydrogen-bond acceptors (Lipinski definition) is 3. The summed E-state index contributed by atoms with van der Waals surface area (Å²) >= 11 is 0. The molecule has 3 rings (SSSR count). The number of para-hydroxylation sites is 1. The van der Waals surface area contributed by atoms with Crippen molar-refractivity contribution in [3.63, 3.8) is 0 Å². The minimum atomic E-state index is -0.513. The van der Waals surface area contributed by atoms with Gasteiger partial charge in [0.05, 0.1) is 23.9 Å². The molecule has 0 atom stereocenters. The van der Waals surface area contributed by atoms with Crippen LogP contribution in [-0.2, 0) is 14.3 Å². The second-order valence-electron chi connectivity index (χ2n) is 6.91. The first-order valence-electron chi connectivity index (χ1n) is 8.84. The summed E-state index contributed by atoms with van der Waals surface area (Å²) in [5, 5.41) is 2.71. The zero-order chi connectivity index (χ0) is 19.9. The lowest BCUT2D eigenvalue weighted by molar-refractivity contribution is -0.136. The summed E-state index contributed by atoms with van der Waals surface area (Å²) in [6, 6.07) is 8.25. The first-order chi connectivity index (χ1) is 12.8. The molecule has 0 unspecified atom stereocenters. The van der Waals surface area contributed by atoms with Crippen LogP contribution in [0.3, 0.4) is 0 Å². The van der Waals surface area contributed by atoms with Crippen LogP contribution in [0.5, 0.6) is 0 Å². The van der Waals surface area contributed by atoms with E-state index in [0.29, 0.717) is 16.8 Å². The molecule has 0 aliphatic carbocycles. The number of aryl methyl sites for hydroxylation is 3. The standard InChI is InChI=1S/C22H24N2O3/c1-12-8-7-9-13(2)20(12)24-14(3)10-17(16(24)5)11-18-19(22(26)27-6)15(4)23-21(18)25/h7-11H,1-6H3,(H,23,25)/b18-11-. The number of methoxy groups -OCH3 is 1. The van der Waals surface area contributed by atoms with Gasteiger partial charge in [-0.2, -0.15) is 0 Å². The number of rotatable bonds is 3. The van der Waals surface area contributed by atoms with Gasteiger partial charge in [0.25, 0.3) is 5.91 Å². The average Bonchev–Trinajstić information content (AvgIpc) is 3.04. The van der Waals surface area contributed by atoms with E-state index in [1.54, 1.807) is 13.0 Å². The fourth-order valence-corrected chi connectivity index (χ4v) is 3.71. The Labute approximate surface area is 159 Å². The van der Waals surface area contributed by atoms with Gasteiger partial charge >= 0.3 is 5.97 Å². The molecule has 1 aromatic carbocycles. The van der Waals surface area contributed by atoms with E-state index in [-0.39, 0.29) is 5.91 Å². The predicted octanol–water partition coefficient (Wildman–Crippen LogP) is 3.67. The molecule has 0 saturated heterocycles. The zero-order valence-corrected chi connectivity index (χ0v) is 16.6. The highest BCUT2D eigenvalue weighted by Crippen LogP contribution is 2.30. The Hall–Kier alpha value is -3.08. The summed E-state index contributed by atoms with van der Waals surface area (Å²) in [7, 11) is 1.32. The van der Waals surface area contributed by atoms with Gasteiger partial charge in [-0.25, -0.2) is 4.79 Å². The van der Waals surface area contributed by atoms with Crippen LogP contribution in [0.2, 0.25) is 0 Å². The summed E-state index contributed by atoms with van der Waals surface area (Å²) in [6.45, 7) is 9.94. The number of allylic oxidation sites excluding steroid dienone is 1. The summed E-state index contributed by atoms with van der Waals surface area (Å²) in [5.74, 6) is -0.801. The minimum Gasteiger partial charge on any atom is -0.465 e. The molecule has 140 valence electrons. The summed E-state index contributed by atoms with van der Waals surface area (Å²) in [6.07, 6.45) is 1.77. The molecule has 2 aromatic rings. The van der Waals surface area contributed by atoms with Crippen LogP contribution >= 0.6 is 0 Å². The van der Waals surface area contributed by atoms with Crippen LogP contribution in [0.15, 0.2) is 41.1 Å². The van der Waals surface area contributed by atoms with Crippen molar-refractivity contribution >= 4 is 18.0 Å². The summed E-state index contributed by atoms with van der Waals surface area (Å²) in [4.78, 5) is 24.5. The maximum Gasteiger partial charge on any atom is 0.340 e. The molecule has 2 heterocycles. The van der Waals surface area contributed by atoms with Crippen molar-refractivity contribution in [1.29, 1.82) is 0 Å². The molecular weight excluding hydrogens is 340 g/mol.